The highest BCUT2D eigenvalue weighted by molar-refractivity contribution is 5.97. The van der Waals surface area contributed by atoms with Crippen molar-refractivity contribution in [3.63, 3.8) is 0 Å². The van der Waals surface area contributed by atoms with Crippen LogP contribution in [0.1, 0.15) is 58.0 Å². The smallest absolute Gasteiger partial charge is 0.234 e. The molecule has 0 radical (unpaired) electrons. The Morgan fingerprint density at radius 3 is 1.61 bits per heavy atom. The van der Waals surface area contributed by atoms with Gasteiger partial charge in [-0.2, -0.15) is 0 Å². The SMILES string of the molecule is O=C1CCCc2nc3ncccn3c21.O=C1CCCc2nc3ncccn3c21. The number of aryl methyl sites for hydroxylation is 2. The van der Waals surface area contributed by atoms with Gasteiger partial charge in [-0.3, -0.25) is 18.4 Å². The van der Waals surface area contributed by atoms with Crippen LogP contribution >= 0.6 is 0 Å². The molecule has 0 fully saturated rings. The van der Waals surface area contributed by atoms with E-state index in [0.29, 0.717) is 24.4 Å². The molecule has 0 aromatic carbocycles. The zero-order valence-corrected chi connectivity index (χ0v) is 15.2. The van der Waals surface area contributed by atoms with Crippen LogP contribution in [-0.4, -0.2) is 40.3 Å². The second kappa shape index (κ2) is 6.63. The second-order valence-corrected chi connectivity index (χ2v) is 6.95. The fraction of sp³-hybridized carbons (Fsp3) is 0.300. The molecule has 0 saturated carbocycles. The van der Waals surface area contributed by atoms with Crippen molar-refractivity contribution in [2.75, 3.05) is 0 Å². The van der Waals surface area contributed by atoms with Gasteiger partial charge < -0.3 is 0 Å². The number of ketones is 2. The van der Waals surface area contributed by atoms with Crippen molar-refractivity contribution in [2.45, 2.75) is 38.5 Å². The van der Waals surface area contributed by atoms with Crippen molar-refractivity contribution in [2.24, 2.45) is 0 Å². The molecule has 0 atom stereocenters. The van der Waals surface area contributed by atoms with Gasteiger partial charge in [-0.15, -0.1) is 0 Å². The molecule has 4 aromatic heterocycles. The summed E-state index contributed by atoms with van der Waals surface area (Å²) >= 11 is 0. The van der Waals surface area contributed by atoms with Crippen LogP contribution in [0.2, 0.25) is 0 Å². The molecule has 6 rings (SSSR count). The fourth-order valence-electron chi connectivity index (χ4n) is 3.87. The van der Waals surface area contributed by atoms with Crippen LogP contribution in [0.25, 0.3) is 11.6 Å². The normalized spacial score (nSPS) is 15.9. The third-order valence-corrected chi connectivity index (χ3v) is 5.11. The topological polar surface area (TPSA) is 94.5 Å². The summed E-state index contributed by atoms with van der Waals surface area (Å²) in [5, 5.41) is 0. The van der Waals surface area contributed by atoms with E-state index >= 15 is 0 Å². The molecule has 0 amide bonds. The molecule has 140 valence electrons. The van der Waals surface area contributed by atoms with Gasteiger partial charge in [0.15, 0.2) is 11.6 Å². The van der Waals surface area contributed by atoms with Crippen molar-refractivity contribution in [3.05, 3.63) is 59.7 Å². The Labute approximate surface area is 160 Å². The molecule has 0 spiro atoms. The van der Waals surface area contributed by atoms with Crippen molar-refractivity contribution in [1.29, 1.82) is 0 Å². The van der Waals surface area contributed by atoms with Crippen LogP contribution in [0.3, 0.4) is 0 Å². The molecule has 4 aromatic rings. The van der Waals surface area contributed by atoms with E-state index in [4.69, 9.17) is 0 Å². The van der Waals surface area contributed by atoms with Gasteiger partial charge in [0.05, 0.1) is 11.4 Å². The first-order valence-electron chi connectivity index (χ1n) is 9.42. The number of carbonyl (C=O) groups is 2. The average molecular weight is 374 g/mol. The Morgan fingerprint density at radius 1 is 0.679 bits per heavy atom. The minimum Gasteiger partial charge on any atom is -0.292 e. The summed E-state index contributed by atoms with van der Waals surface area (Å²) in [5.74, 6) is 1.64. The Morgan fingerprint density at radius 2 is 1.14 bits per heavy atom. The number of aromatic nitrogens is 6. The van der Waals surface area contributed by atoms with Gasteiger partial charge in [0.2, 0.25) is 11.6 Å². The Bertz CT molecular complexity index is 1130. The van der Waals surface area contributed by atoms with Crippen LogP contribution in [0.4, 0.5) is 0 Å². The van der Waals surface area contributed by atoms with Crippen molar-refractivity contribution in [3.8, 4) is 0 Å². The lowest BCUT2D eigenvalue weighted by molar-refractivity contribution is 0.0958. The number of rotatable bonds is 0. The molecular formula is C20H18N6O2. The van der Waals surface area contributed by atoms with E-state index in [1.807, 2.05) is 24.5 Å². The molecule has 2 aliphatic rings. The van der Waals surface area contributed by atoms with E-state index in [2.05, 4.69) is 19.9 Å². The quantitative estimate of drug-likeness (QED) is 0.469. The van der Waals surface area contributed by atoms with E-state index in [1.165, 1.54) is 0 Å². The van der Waals surface area contributed by atoms with Crippen molar-refractivity contribution >= 4 is 23.1 Å². The number of carbonyl (C=O) groups excluding carboxylic acids is 2. The van der Waals surface area contributed by atoms with Gasteiger partial charge in [-0.05, 0) is 37.8 Å². The Hall–Kier alpha value is -3.42. The van der Waals surface area contributed by atoms with Crippen LogP contribution in [-0.2, 0) is 12.8 Å². The molecule has 0 aliphatic heterocycles. The number of hydrogen-bond acceptors (Lipinski definition) is 6. The second-order valence-electron chi connectivity index (χ2n) is 6.95. The number of fused-ring (bicyclic) bond motifs is 6. The van der Waals surface area contributed by atoms with E-state index in [1.54, 1.807) is 21.2 Å². The molecular weight excluding hydrogens is 356 g/mol. The Kier molecular flexibility index (Phi) is 3.96. The summed E-state index contributed by atoms with van der Waals surface area (Å²) < 4.78 is 3.58. The number of Topliss-reactive ketones (excluding diaryl/α,β-unsaturated/α-hetero) is 2. The van der Waals surface area contributed by atoms with E-state index in [-0.39, 0.29) is 11.6 Å². The summed E-state index contributed by atoms with van der Waals surface area (Å²) in [4.78, 5) is 40.3. The molecule has 0 N–H and O–H groups in total. The minimum atomic E-state index is 0.187. The van der Waals surface area contributed by atoms with Gasteiger partial charge in [0, 0.05) is 37.6 Å². The first-order chi connectivity index (χ1) is 13.7. The average Bonchev–Trinajstić information content (AvgIpc) is 3.28. The molecule has 8 nitrogen and oxygen atoms in total. The zero-order valence-electron chi connectivity index (χ0n) is 15.2. The molecule has 0 unspecified atom stereocenters. The first kappa shape index (κ1) is 16.7. The van der Waals surface area contributed by atoms with Gasteiger partial charge in [0.1, 0.15) is 11.4 Å². The highest BCUT2D eigenvalue weighted by Crippen LogP contribution is 2.22. The molecule has 4 heterocycles. The lowest BCUT2D eigenvalue weighted by Gasteiger charge is -2.08. The fourth-order valence-corrected chi connectivity index (χ4v) is 3.87. The van der Waals surface area contributed by atoms with Gasteiger partial charge in [-0.25, -0.2) is 19.9 Å². The minimum absolute atomic E-state index is 0.187. The maximum absolute atomic E-state index is 11.7. The van der Waals surface area contributed by atoms with Crippen molar-refractivity contribution in [1.82, 2.24) is 28.7 Å². The highest BCUT2D eigenvalue weighted by Gasteiger charge is 2.24. The monoisotopic (exact) mass is 374 g/mol. The van der Waals surface area contributed by atoms with Gasteiger partial charge in [0.25, 0.3) is 0 Å². The predicted molar refractivity (Wildman–Crippen MR) is 101 cm³/mol. The third-order valence-electron chi connectivity index (χ3n) is 5.11. The molecule has 28 heavy (non-hydrogen) atoms. The summed E-state index contributed by atoms with van der Waals surface area (Å²) in [6.45, 7) is 0. The summed E-state index contributed by atoms with van der Waals surface area (Å²) in [7, 11) is 0. The van der Waals surface area contributed by atoms with Crippen LogP contribution < -0.4 is 0 Å². The van der Waals surface area contributed by atoms with Crippen LogP contribution in [0.5, 0.6) is 0 Å². The molecule has 0 bridgehead atoms. The summed E-state index contributed by atoms with van der Waals surface area (Å²) in [6, 6.07) is 3.63. The summed E-state index contributed by atoms with van der Waals surface area (Å²) in [5.41, 5.74) is 3.28. The molecule has 0 saturated heterocycles. The van der Waals surface area contributed by atoms with Gasteiger partial charge in [-0.1, -0.05) is 0 Å². The summed E-state index contributed by atoms with van der Waals surface area (Å²) in [6.07, 6.45) is 12.0. The lowest BCUT2D eigenvalue weighted by atomic mass is 10.00. The predicted octanol–water partition coefficient (Wildman–Crippen LogP) is 2.50. The number of nitrogens with zero attached hydrogens (tertiary/aromatic N) is 6. The zero-order chi connectivity index (χ0) is 19.1. The number of imidazole rings is 2. The third kappa shape index (κ3) is 2.69. The standard InChI is InChI=1S/2C10H9N3O/c2*14-8-4-1-3-7-9(8)13-6-2-5-11-10(13)12-7/h2*2,5-6H,1,3-4H2. The van der Waals surface area contributed by atoms with E-state index in [0.717, 1.165) is 48.5 Å². The highest BCUT2D eigenvalue weighted by atomic mass is 16.1. The maximum Gasteiger partial charge on any atom is 0.234 e. The van der Waals surface area contributed by atoms with Crippen LogP contribution in [0.15, 0.2) is 36.9 Å². The molecule has 2 aliphatic carbocycles. The Balaban J connectivity index is 0.000000122. The lowest BCUT2D eigenvalue weighted by Crippen LogP contribution is -2.12. The number of hydrogen-bond donors (Lipinski definition) is 0. The van der Waals surface area contributed by atoms with Crippen LogP contribution in [0, 0.1) is 0 Å². The van der Waals surface area contributed by atoms with Crippen molar-refractivity contribution < 1.29 is 9.59 Å². The van der Waals surface area contributed by atoms with E-state index in [9.17, 15) is 9.59 Å². The first-order valence-corrected chi connectivity index (χ1v) is 9.42. The van der Waals surface area contributed by atoms with E-state index < -0.39 is 0 Å². The molecule has 8 heteroatoms. The largest absolute Gasteiger partial charge is 0.292 e. The van der Waals surface area contributed by atoms with Gasteiger partial charge >= 0.3 is 0 Å². The maximum atomic E-state index is 11.7.